The van der Waals surface area contributed by atoms with Crippen molar-refractivity contribution in [3.63, 3.8) is 0 Å². The molecule has 3 N–H and O–H groups in total. The molecular formula is C23H24Cl2N4O3. The van der Waals surface area contributed by atoms with Crippen LogP contribution < -0.4 is 16.0 Å². The lowest BCUT2D eigenvalue weighted by Crippen LogP contribution is -2.43. The number of likely N-dealkylation sites (tertiary alicyclic amines) is 1. The lowest BCUT2D eigenvalue weighted by atomic mass is 10.1. The lowest BCUT2D eigenvalue weighted by molar-refractivity contribution is -0.122. The third kappa shape index (κ3) is 5.79. The van der Waals surface area contributed by atoms with Gasteiger partial charge in [0.1, 0.15) is 0 Å². The quantitative estimate of drug-likeness (QED) is 0.566. The number of nitrogens with zero attached hydrogens (tertiary/aromatic N) is 1. The van der Waals surface area contributed by atoms with Gasteiger partial charge >= 0.3 is 0 Å². The Morgan fingerprint density at radius 3 is 2.41 bits per heavy atom. The number of rotatable bonds is 7. The van der Waals surface area contributed by atoms with Gasteiger partial charge in [0.2, 0.25) is 11.8 Å². The maximum Gasteiger partial charge on any atom is 0.253 e. The molecule has 1 aliphatic heterocycles. The summed E-state index contributed by atoms with van der Waals surface area (Å²) in [5.41, 5.74) is 1.41. The van der Waals surface area contributed by atoms with Gasteiger partial charge in [-0.15, -0.1) is 0 Å². The number of benzene rings is 2. The van der Waals surface area contributed by atoms with Crippen LogP contribution in [0.2, 0.25) is 10.0 Å². The molecule has 1 heterocycles. The second-order valence-electron chi connectivity index (χ2n) is 8.12. The highest BCUT2D eigenvalue weighted by atomic mass is 35.5. The van der Waals surface area contributed by atoms with Crippen LogP contribution in [0.5, 0.6) is 0 Å². The molecule has 9 heteroatoms. The Bertz CT molecular complexity index is 1020. The Balaban J connectivity index is 1.37. The Morgan fingerprint density at radius 1 is 0.969 bits per heavy atom. The van der Waals surface area contributed by atoms with Gasteiger partial charge in [-0.2, -0.15) is 0 Å². The Hall–Kier alpha value is -2.61. The van der Waals surface area contributed by atoms with E-state index in [-0.39, 0.29) is 30.3 Å². The van der Waals surface area contributed by atoms with Gasteiger partial charge in [-0.3, -0.25) is 19.3 Å². The zero-order valence-corrected chi connectivity index (χ0v) is 18.9. The largest absolute Gasteiger partial charge is 0.349 e. The molecule has 0 aromatic heterocycles. The van der Waals surface area contributed by atoms with E-state index in [1.54, 1.807) is 42.5 Å². The number of carbonyl (C=O) groups excluding carboxylic acids is 3. The minimum Gasteiger partial charge on any atom is -0.349 e. The molecule has 4 rings (SSSR count). The number of hydrogen-bond acceptors (Lipinski definition) is 4. The SMILES string of the molecule is O=C(CN1CCCC1C(=O)Nc1cc(Cl)cc(Cl)c1)Nc1ccccc1C(=O)NC1CC1. The highest BCUT2D eigenvalue weighted by Crippen LogP contribution is 2.25. The summed E-state index contributed by atoms with van der Waals surface area (Å²) in [6.45, 7) is 0.679. The van der Waals surface area contributed by atoms with Crippen molar-refractivity contribution < 1.29 is 14.4 Å². The second kappa shape index (κ2) is 9.90. The number of carbonyl (C=O) groups is 3. The number of anilines is 2. The first kappa shape index (κ1) is 22.6. The Morgan fingerprint density at radius 2 is 1.69 bits per heavy atom. The van der Waals surface area contributed by atoms with Crippen LogP contribution in [0.15, 0.2) is 42.5 Å². The number of nitrogens with one attached hydrogen (secondary N) is 3. The monoisotopic (exact) mass is 474 g/mol. The van der Waals surface area contributed by atoms with Crippen LogP contribution in [-0.4, -0.2) is 47.8 Å². The lowest BCUT2D eigenvalue weighted by Gasteiger charge is -2.23. The summed E-state index contributed by atoms with van der Waals surface area (Å²) in [4.78, 5) is 39.9. The van der Waals surface area contributed by atoms with Crippen molar-refractivity contribution in [1.29, 1.82) is 0 Å². The summed E-state index contributed by atoms with van der Waals surface area (Å²) in [6, 6.07) is 11.6. The second-order valence-corrected chi connectivity index (χ2v) is 8.99. The molecule has 0 bridgehead atoms. The van der Waals surface area contributed by atoms with E-state index < -0.39 is 6.04 Å². The first-order chi connectivity index (χ1) is 15.4. The van der Waals surface area contributed by atoms with Gasteiger partial charge in [0, 0.05) is 21.8 Å². The van der Waals surface area contributed by atoms with Gasteiger partial charge in [-0.25, -0.2) is 0 Å². The Kier molecular flexibility index (Phi) is 6.98. The minimum atomic E-state index is -0.438. The van der Waals surface area contributed by atoms with Gasteiger partial charge < -0.3 is 16.0 Å². The predicted octanol–water partition coefficient (Wildman–Crippen LogP) is 3.93. The number of para-hydroxylation sites is 1. The number of hydrogen-bond donors (Lipinski definition) is 3. The van der Waals surface area contributed by atoms with Crippen LogP contribution >= 0.6 is 23.2 Å². The van der Waals surface area contributed by atoms with Crippen molar-refractivity contribution in [2.45, 2.75) is 37.8 Å². The summed E-state index contributed by atoms with van der Waals surface area (Å²) in [5, 5.41) is 9.46. The molecule has 2 aromatic rings. The normalized spacial score (nSPS) is 18.2. The highest BCUT2D eigenvalue weighted by Gasteiger charge is 2.32. The van der Waals surface area contributed by atoms with Crippen molar-refractivity contribution >= 4 is 52.3 Å². The van der Waals surface area contributed by atoms with Gasteiger partial charge in [0.15, 0.2) is 0 Å². The van der Waals surface area contributed by atoms with Gasteiger partial charge in [-0.1, -0.05) is 35.3 Å². The Labute approximate surface area is 196 Å². The van der Waals surface area contributed by atoms with Crippen molar-refractivity contribution in [1.82, 2.24) is 10.2 Å². The van der Waals surface area contributed by atoms with Crippen LogP contribution in [-0.2, 0) is 9.59 Å². The molecule has 2 aromatic carbocycles. The zero-order valence-electron chi connectivity index (χ0n) is 17.4. The number of amides is 3. The highest BCUT2D eigenvalue weighted by molar-refractivity contribution is 6.35. The van der Waals surface area contributed by atoms with Crippen molar-refractivity contribution in [2.75, 3.05) is 23.7 Å². The van der Waals surface area contributed by atoms with E-state index in [9.17, 15) is 14.4 Å². The first-order valence-corrected chi connectivity index (χ1v) is 11.4. The number of halogens is 2. The molecule has 1 unspecified atom stereocenters. The maximum atomic E-state index is 12.8. The van der Waals surface area contributed by atoms with Gasteiger partial charge in [-0.05, 0) is 62.6 Å². The third-order valence-corrected chi connectivity index (χ3v) is 5.94. The van der Waals surface area contributed by atoms with E-state index >= 15 is 0 Å². The molecule has 0 radical (unpaired) electrons. The molecule has 1 aliphatic carbocycles. The molecule has 2 fully saturated rings. The van der Waals surface area contributed by atoms with E-state index in [0.717, 1.165) is 19.3 Å². The standard InChI is InChI=1S/C23H24Cl2N4O3/c24-14-10-15(25)12-17(11-14)27-23(32)20-6-3-9-29(20)13-21(30)28-19-5-2-1-4-18(19)22(31)26-16-7-8-16/h1-2,4-5,10-12,16,20H,3,6-9,13H2,(H,26,31)(H,27,32)(H,28,30). The van der Waals surface area contributed by atoms with E-state index in [1.165, 1.54) is 0 Å². The molecule has 168 valence electrons. The first-order valence-electron chi connectivity index (χ1n) is 10.6. The summed E-state index contributed by atoms with van der Waals surface area (Å²) >= 11 is 12.0. The molecule has 32 heavy (non-hydrogen) atoms. The molecule has 1 saturated carbocycles. The third-order valence-electron chi connectivity index (χ3n) is 5.50. The fourth-order valence-corrected chi connectivity index (χ4v) is 4.35. The van der Waals surface area contributed by atoms with E-state index in [2.05, 4.69) is 16.0 Å². The predicted molar refractivity (Wildman–Crippen MR) is 125 cm³/mol. The average Bonchev–Trinajstić information content (AvgIpc) is 3.42. The van der Waals surface area contributed by atoms with Crippen LogP contribution in [0, 0.1) is 0 Å². The maximum absolute atomic E-state index is 12.8. The molecule has 2 aliphatic rings. The van der Waals surface area contributed by atoms with Gasteiger partial charge in [0.05, 0.1) is 23.8 Å². The fourth-order valence-electron chi connectivity index (χ4n) is 3.82. The van der Waals surface area contributed by atoms with E-state index in [4.69, 9.17) is 23.2 Å². The van der Waals surface area contributed by atoms with Crippen LogP contribution in [0.4, 0.5) is 11.4 Å². The van der Waals surface area contributed by atoms with Crippen LogP contribution in [0.3, 0.4) is 0 Å². The summed E-state index contributed by atoms with van der Waals surface area (Å²) in [6.07, 6.45) is 3.43. The molecule has 0 spiro atoms. The van der Waals surface area contributed by atoms with E-state index in [1.807, 2.05) is 4.90 Å². The molecule has 1 saturated heterocycles. The van der Waals surface area contributed by atoms with Crippen molar-refractivity contribution in [3.05, 3.63) is 58.1 Å². The topological polar surface area (TPSA) is 90.5 Å². The molecule has 3 amide bonds. The smallest absolute Gasteiger partial charge is 0.253 e. The fraction of sp³-hybridized carbons (Fsp3) is 0.348. The summed E-state index contributed by atoms with van der Waals surface area (Å²) in [7, 11) is 0. The van der Waals surface area contributed by atoms with Crippen LogP contribution in [0.1, 0.15) is 36.0 Å². The summed E-state index contributed by atoms with van der Waals surface area (Å²) < 4.78 is 0. The molecule has 7 nitrogen and oxygen atoms in total. The molecular weight excluding hydrogens is 451 g/mol. The van der Waals surface area contributed by atoms with E-state index in [0.29, 0.717) is 39.9 Å². The summed E-state index contributed by atoms with van der Waals surface area (Å²) in [5.74, 6) is -0.679. The van der Waals surface area contributed by atoms with Crippen LogP contribution in [0.25, 0.3) is 0 Å². The molecule has 1 atom stereocenters. The minimum absolute atomic E-state index is 0.0486. The zero-order chi connectivity index (χ0) is 22.7. The average molecular weight is 475 g/mol. The van der Waals surface area contributed by atoms with Crippen molar-refractivity contribution in [3.8, 4) is 0 Å². The van der Waals surface area contributed by atoms with Crippen molar-refractivity contribution in [2.24, 2.45) is 0 Å². The van der Waals surface area contributed by atoms with Gasteiger partial charge in [0.25, 0.3) is 5.91 Å².